The molecule has 1 aromatic carbocycles. The molecule has 24 heavy (non-hydrogen) atoms. The van der Waals surface area contributed by atoms with E-state index in [9.17, 15) is 24.8 Å². The number of ether oxygens (including phenoxy) is 1. The first-order chi connectivity index (χ1) is 11.3. The van der Waals surface area contributed by atoms with Crippen LogP contribution in [-0.2, 0) is 0 Å². The van der Waals surface area contributed by atoms with Crippen molar-refractivity contribution >= 4 is 49.7 Å². The Morgan fingerprint density at radius 2 is 1.96 bits per heavy atom. The topological polar surface area (TPSA) is 138 Å². The van der Waals surface area contributed by atoms with Crippen molar-refractivity contribution in [1.82, 2.24) is 9.97 Å². The molecule has 0 radical (unpaired) electrons. The van der Waals surface area contributed by atoms with Gasteiger partial charge in [0.15, 0.2) is 11.5 Å². The molecular weight excluding hydrogens is 454 g/mol. The number of aromatic hydroxyl groups is 1. The van der Waals surface area contributed by atoms with E-state index in [4.69, 9.17) is 4.74 Å². The summed E-state index contributed by atoms with van der Waals surface area (Å²) in [5, 5.41) is 21.2. The second-order valence-electron chi connectivity index (χ2n) is 4.40. The molecule has 0 aliphatic rings. The van der Waals surface area contributed by atoms with E-state index in [1.165, 1.54) is 19.3 Å². The fraction of sp³-hybridized carbons (Fsp3) is 0.0769. The zero-order valence-corrected chi connectivity index (χ0v) is 15.1. The molecule has 0 aliphatic heterocycles. The van der Waals surface area contributed by atoms with Crippen molar-refractivity contribution in [1.29, 1.82) is 0 Å². The van der Waals surface area contributed by atoms with Crippen LogP contribution in [0.25, 0.3) is 12.2 Å². The summed E-state index contributed by atoms with van der Waals surface area (Å²) in [6.45, 7) is 0. The van der Waals surface area contributed by atoms with Crippen molar-refractivity contribution in [2.45, 2.75) is 0 Å². The Labute approximate surface area is 150 Å². The first-order valence-corrected chi connectivity index (χ1v) is 7.78. The largest absolute Gasteiger partial charge is 0.504 e. The molecule has 0 fully saturated rings. The molecule has 0 saturated carbocycles. The maximum absolute atomic E-state index is 11.6. The van der Waals surface area contributed by atoms with Crippen LogP contribution in [0.5, 0.6) is 11.5 Å². The van der Waals surface area contributed by atoms with Gasteiger partial charge >= 0.3 is 16.9 Å². The monoisotopic (exact) mass is 461 g/mol. The van der Waals surface area contributed by atoms with Gasteiger partial charge in [0.05, 0.1) is 12.0 Å². The summed E-state index contributed by atoms with van der Waals surface area (Å²) in [5.41, 5.74) is -2.90. The Balaban J connectivity index is 2.66. The molecule has 9 nitrogen and oxygen atoms in total. The first-order valence-electron chi connectivity index (χ1n) is 6.20. The smallest absolute Gasteiger partial charge is 0.357 e. The normalized spacial score (nSPS) is 11.0. The van der Waals surface area contributed by atoms with E-state index in [1.807, 2.05) is 0 Å². The minimum Gasteiger partial charge on any atom is -0.504 e. The number of aromatic nitrogens is 2. The minimum atomic E-state index is -1.13. The van der Waals surface area contributed by atoms with E-state index < -0.39 is 21.9 Å². The molecule has 0 amide bonds. The lowest BCUT2D eigenvalue weighted by molar-refractivity contribution is -0.386. The Bertz CT molecular complexity index is 963. The number of phenolic OH excluding ortho intramolecular Hbond substituents is 1. The number of hydrogen-bond acceptors (Lipinski definition) is 6. The Morgan fingerprint density at radius 3 is 2.54 bits per heavy atom. The average molecular weight is 463 g/mol. The summed E-state index contributed by atoms with van der Waals surface area (Å²) >= 11 is 6.52. The van der Waals surface area contributed by atoms with E-state index in [-0.39, 0.29) is 22.8 Å². The summed E-state index contributed by atoms with van der Waals surface area (Å²) < 4.78 is 6.03. The van der Waals surface area contributed by atoms with Crippen LogP contribution >= 0.6 is 31.9 Å². The van der Waals surface area contributed by atoms with Crippen LogP contribution in [0.3, 0.4) is 0 Å². The molecule has 1 aromatic heterocycles. The molecule has 0 aliphatic carbocycles. The van der Waals surface area contributed by atoms with Crippen molar-refractivity contribution in [3.63, 3.8) is 0 Å². The molecule has 0 saturated heterocycles. The lowest BCUT2D eigenvalue weighted by atomic mass is 10.1. The standard InChI is InChI=1S/C13H9Br2N3O6/c1-24-8-4-6(14)9(15)5(11(8)19)2-3-7-10(18(22)23)12(20)17-13(21)16-7/h2-4,19H,1H3,(H2,16,17,20,21). The number of rotatable bonds is 4. The summed E-state index contributed by atoms with van der Waals surface area (Å²) in [5.74, 6) is -0.0581. The molecule has 3 N–H and O–H groups in total. The highest BCUT2D eigenvalue weighted by molar-refractivity contribution is 9.13. The van der Waals surface area contributed by atoms with E-state index in [1.54, 1.807) is 4.98 Å². The van der Waals surface area contributed by atoms with Crippen molar-refractivity contribution < 1.29 is 14.8 Å². The maximum atomic E-state index is 11.6. The van der Waals surface area contributed by atoms with Crippen LogP contribution in [0.1, 0.15) is 11.3 Å². The molecule has 2 rings (SSSR count). The van der Waals surface area contributed by atoms with E-state index in [2.05, 4.69) is 36.8 Å². The van der Waals surface area contributed by atoms with Gasteiger partial charge in [-0.05, 0) is 50.1 Å². The van der Waals surface area contributed by atoms with E-state index in [0.717, 1.165) is 6.08 Å². The molecule has 0 spiro atoms. The Morgan fingerprint density at radius 1 is 1.29 bits per heavy atom. The zero-order chi connectivity index (χ0) is 18.0. The molecule has 0 atom stereocenters. The number of phenols is 1. The van der Waals surface area contributed by atoms with Crippen LogP contribution in [0.15, 0.2) is 24.6 Å². The number of nitrogens with one attached hydrogen (secondary N) is 2. The number of hydrogen-bond donors (Lipinski definition) is 3. The van der Waals surface area contributed by atoms with Crippen molar-refractivity contribution in [3.8, 4) is 11.5 Å². The third-order valence-electron chi connectivity index (χ3n) is 2.96. The molecule has 2 aromatic rings. The fourth-order valence-electron chi connectivity index (χ4n) is 1.89. The number of nitro groups is 1. The first kappa shape index (κ1) is 17.9. The third-order valence-corrected chi connectivity index (χ3v) is 4.97. The molecule has 0 unspecified atom stereocenters. The fourth-order valence-corrected chi connectivity index (χ4v) is 2.74. The third kappa shape index (κ3) is 3.41. The molecule has 126 valence electrons. The van der Waals surface area contributed by atoms with Gasteiger partial charge in [-0.1, -0.05) is 0 Å². The van der Waals surface area contributed by atoms with Crippen LogP contribution in [0, 0.1) is 10.1 Å². The van der Waals surface area contributed by atoms with Crippen molar-refractivity contribution in [2.75, 3.05) is 7.11 Å². The van der Waals surface area contributed by atoms with E-state index in [0.29, 0.717) is 8.95 Å². The maximum Gasteiger partial charge on any atom is 0.357 e. The predicted molar refractivity (Wildman–Crippen MR) is 93.3 cm³/mol. The van der Waals surface area contributed by atoms with Crippen LogP contribution < -0.4 is 16.0 Å². The van der Waals surface area contributed by atoms with Gasteiger partial charge < -0.3 is 14.8 Å². The van der Waals surface area contributed by atoms with Crippen LogP contribution in [-0.4, -0.2) is 27.1 Å². The molecular formula is C13H9Br2N3O6. The van der Waals surface area contributed by atoms with Gasteiger partial charge in [0.25, 0.3) is 0 Å². The highest BCUT2D eigenvalue weighted by Crippen LogP contribution is 2.41. The number of halogens is 2. The van der Waals surface area contributed by atoms with Gasteiger partial charge in [0.2, 0.25) is 0 Å². The number of benzene rings is 1. The lowest BCUT2D eigenvalue weighted by Crippen LogP contribution is -2.25. The summed E-state index contributed by atoms with van der Waals surface area (Å²) in [4.78, 5) is 36.9. The van der Waals surface area contributed by atoms with Crippen molar-refractivity contribution in [2.24, 2.45) is 0 Å². The lowest BCUT2D eigenvalue weighted by Gasteiger charge is -2.10. The molecule has 1 heterocycles. The minimum absolute atomic E-state index is 0.165. The SMILES string of the molecule is COc1cc(Br)c(Br)c(C=Cc2[nH]c(=O)[nH]c(=O)c2[N+](=O)[O-])c1O. The van der Waals surface area contributed by atoms with Gasteiger partial charge in [-0.3, -0.25) is 19.9 Å². The second-order valence-corrected chi connectivity index (χ2v) is 6.05. The quantitative estimate of drug-likeness (QED) is 0.471. The number of nitrogens with zero attached hydrogens (tertiary/aromatic N) is 1. The Kier molecular flexibility index (Phi) is 5.24. The van der Waals surface area contributed by atoms with Gasteiger partial charge in [0, 0.05) is 14.5 Å². The van der Waals surface area contributed by atoms with Gasteiger partial charge in [-0.2, -0.15) is 0 Å². The van der Waals surface area contributed by atoms with Gasteiger partial charge in [0.1, 0.15) is 5.69 Å². The van der Waals surface area contributed by atoms with Crippen LogP contribution in [0.4, 0.5) is 5.69 Å². The van der Waals surface area contributed by atoms with Gasteiger partial charge in [-0.25, -0.2) is 4.79 Å². The highest BCUT2D eigenvalue weighted by atomic mass is 79.9. The number of methoxy groups -OCH3 is 1. The summed E-state index contributed by atoms with van der Waals surface area (Å²) in [6.07, 6.45) is 2.44. The molecule has 11 heteroatoms. The number of H-pyrrole nitrogens is 2. The Hall–Kier alpha value is -2.40. The van der Waals surface area contributed by atoms with Crippen molar-refractivity contribution in [3.05, 3.63) is 57.2 Å². The van der Waals surface area contributed by atoms with Crippen LogP contribution in [0.2, 0.25) is 0 Å². The zero-order valence-electron chi connectivity index (χ0n) is 11.9. The van der Waals surface area contributed by atoms with Gasteiger partial charge in [-0.15, -0.1) is 0 Å². The predicted octanol–water partition coefficient (Wildman–Crippen LogP) is 2.38. The number of aromatic amines is 2. The summed E-state index contributed by atoms with van der Waals surface area (Å²) in [6, 6.07) is 1.52. The van der Waals surface area contributed by atoms with E-state index >= 15 is 0 Å². The average Bonchev–Trinajstić information content (AvgIpc) is 2.49. The summed E-state index contributed by atoms with van der Waals surface area (Å²) in [7, 11) is 1.36. The molecule has 0 bridgehead atoms. The highest BCUT2D eigenvalue weighted by Gasteiger charge is 2.20. The second kappa shape index (κ2) is 7.01.